The lowest BCUT2D eigenvalue weighted by atomic mass is 9.93. The van der Waals surface area contributed by atoms with E-state index in [-0.39, 0.29) is 12.4 Å². The molecule has 0 bridgehead atoms. The van der Waals surface area contributed by atoms with E-state index in [9.17, 15) is 18.8 Å². The maximum Gasteiger partial charge on any atom is 0.325 e. The summed E-state index contributed by atoms with van der Waals surface area (Å²) in [5.74, 6) is -1.36. The Balaban J connectivity index is 1.78. The minimum absolute atomic E-state index is 0.222. The number of rotatable bonds is 6. The molecule has 3 rings (SSSR count). The van der Waals surface area contributed by atoms with Crippen LogP contribution in [0.5, 0.6) is 0 Å². The van der Waals surface area contributed by atoms with Gasteiger partial charge in [0.05, 0.1) is 6.54 Å². The van der Waals surface area contributed by atoms with Crippen molar-refractivity contribution < 1.29 is 18.8 Å². The minimum Gasteiger partial charge on any atom is -0.323 e. The average Bonchev–Trinajstić information content (AvgIpc) is 3.21. The number of benzene rings is 1. The highest BCUT2D eigenvalue weighted by molar-refractivity contribution is 7.07. The molecule has 28 heavy (non-hydrogen) atoms. The fourth-order valence-corrected chi connectivity index (χ4v) is 3.89. The molecule has 0 aliphatic carbocycles. The Morgan fingerprint density at radius 1 is 1.25 bits per heavy atom. The monoisotopic (exact) mass is 404 g/mol. The lowest BCUT2D eigenvalue weighted by molar-refractivity contribution is -0.134. The highest BCUT2D eigenvalue weighted by Gasteiger charge is 2.49. The number of aromatic nitrogens is 1. The van der Waals surface area contributed by atoms with Gasteiger partial charge in [0.25, 0.3) is 11.8 Å². The van der Waals surface area contributed by atoms with Crippen molar-refractivity contribution in [1.82, 2.24) is 14.8 Å². The fraction of sp³-hybridized carbons (Fsp3) is 0.368. The zero-order chi connectivity index (χ0) is 20.3. The maximum atomic E-state index is 13.9. The van der Waals surface area contributed by atoms with E-state index in [1.54, 1.807) is 34.3 Å². The van der Waals surface area contributed by atoms with Crippen LogP contribution in [0.2, 0.25) is 0 Å². The van der Waals surface area contributed by atoms with Gasteiger partial charge in [-0.05, 0) is 18.9 Å². The van der Waals surface area contributed by atoms with E-state index in [1.807, 2.05) is 13.8 Å². The summed E-state index contributed by atoms with van der Waals surface area (Å²) in [5.41, 5.74) is -0.482. The van der Waals surface area contributed by atoms with Crippen LogP contribution in [0.3, 0.4) is 0 Å². The lowest BCUT2D eigenvalue weighted by Gasteiger charge is -2.22. The quantitative estimate of drug-likeness (QED) is 0.750. The van der Waals surface area contributed by atoms with Gasteiger partial charge < -0.3 is 9.88 Å². The molecule has 0 unspecified atom stereocenters. The first-order valence-corrected chi connectivity index (χ1v) is 9.87. The second kappa shape index (κ2) is 8.05. The Bertz CT molecular complexity index is 977. The van der Waals surface area contributed by atoms with E-state index in [0.717, 1.165) is 4.90 Å². The molecule has 1 aliphatic rings. The van der Waals surface area contributed by atoms with Crippen molar-refractivity contribution in [3.05, 3.63) is 52.0 Å². The van der Waals surface area contributed by atoms with E-state index in [2.05, 4.69) is 10.3 Å². The van der Waals surface area contributed by atoms with E-state index >= 15 is 0 Å². The predicted octanol–water partition coefficient (Wildman–Crippen LogP) is 2.27. The van der Waals surface area contributed by atoms with Crippen molar-refractivity contribution in [2.24, 2.45) is 4.99 Å². The smallest absolute Gasteiger partial charge is 0.323 e. The standard InChI is InChI=1S/C19H21FN4O3S/c1-3-19(4-2)16(26)24(17(27)22-19)12-15(25)21-18-23(9-10-28-18)11-13-7-5-6-8-14(13)20/h5-10H,3-4,11-12H2,1-2H3,(H,22,27). The average molecular weight is 404 g/mol. The summed E-state index contributed by atoms with van der Waals surface area (Å²) in [6.45, 7) is 3.42. The number of urea groups is 1. The Morgan fingerprint density at radius 3 is 2.61 bits per heavy atom. The summed E-state index contributed by atoms with van der Waals surface area (Å²) in [5, 5.41) is 4.42. The summed E-state index contributed by atoms with van der Waals surface area (Å²) in [4.78, 5) is 42.4. The summed E-state index contributed by atoms with van der Waals surface area (Å²) < 4.78 is 15.5. The third-order valence-electron chi connectivity index (χ3n) is 4.93. The summed E-state index contributed by atoms with van der Waals surface area (Å²) >= 11 is 1.22. The summed E-state index contributed by atoms with van der Waals surface area (Å²) in [6.07, 6.45) is 2.60. The Labute approximate surface area is 165 Å². The molecule has 4 amide bonds. The summed E-state index contributed by atoms with van der Waals surface area (Å²) in [6, 6.07) is 5.79. The van der Waals surface area contributed by atoms with Crippen LogP contribution in [0.25, 0.3) is 0 Å². The number of halogens is 1. The molecule has 1 aromatic carbocycles. The maximum absolute atomic E-state index is 13.9. The van der Waals surface area contributed by atoms with Crippen LogP contribution in [0, 0.1) is 5.82 Å². The molecule has 9 heteroatoms. The molecule has 0 spiro atoms. The number of amides is 4. The van der Waals surface area contributed by atoms with Gasteiger partial charge in [-0.25, -0.2) is 9.18 Å². The largest absolute Gasteiger partial charge is 0.325 e. The number of nitrogens with zero attached hydrogens (tertiary/aromatic N) is 3. The first kappa shape index (κ1) is 19.9. The number of hydrogen-bond donors (Lipinski definition) is 1. The first-order chi connectivity index (χ1) is 13.4. The van der Waals surface area contributed by atoms with Crippen LogP contribution in [0.4, 0.5) is 9.18 Å². The van der Waals surface area contributed by atoms with Crippen molar-refractivity contribution in [3.8, 4) is 0 Å². The number of hydrogen-bond acceptors (Lipinski definition) is 4. The highest BCUT2D eigenvalue weighted by atomic mass is 32.1. The van der Waals surface area contributed by atoms with Crippen LogP contribution in [0.15, 0.2) is 40.8 Å². The van der Waals surface area contributed by atoms with Gasteiger partial charge in [0, 0.05) is 17.1 Å². The van der Waals surface area contributed by atoms with Crippen LogP contribution in [-0.2, 0) is 16.1 Å². The van der Waals surface area contributed by atoms with Crippen molar-refractivity contribution in [2.75, 3.05) is 6.54 Å². The van der Waals surface area contributed by atoms with Crippen molar-refractivity contribution in [3.63, 3.8) is 0 Å². The first-order valence-electron chi connectivity index (χ1n) is 8.99. The number of thiazole rings is 1. The van der Waals surface area contributed by atoms with Gasteiger partial charge in [-0.3, -0.25) is 14.5 Å². The third kappa shape index (κ3) is 3.75. The summed E-state index contributed by atoms with van der Waals surface area (Å²) in [7, 11) is 0. The van der Waals surface area contributed by atoms with Gasteiger partial charge in [-0.1, -0.05) is 32.0 Å². The van der Waals surface area contributed by atoms with Crippen LogP contribution in [-0.4, -0.2) is 39.4 Å². The molecule has 0 saturated carbocycles. The molecule has 1 fully saturated rings. The molecule has 0 atom stereocenters. The second-order valence-electron chi connectivity index (χ2n) is 6.52. The zero-order valence-electron chi connectivity index (χ0n) is 15.6. The minimum atomic E-state index is -0.953. The number of carbonyl (C=O) groups is 3. The second-order valence-corrected chi connectivity index (χ2v) is 7.39. The van der Waals surface area contributed by atoms with Gasteiger partial charge in [0.15, 0.2) is 4.80 Å². The molecule has 1 aromatic heterocycles. The van der Waals surface area contributed by atoms with Gasteiger partial charge in [-0.15, -0.1) is 11.3 Å². The molecular weight excluding hydrogens is 383 g/mol. The molecule has 148 valence electrons. The Kier molecular flexibility index (Phi) is 5.73. The van der Waals surface area contributed by atoms with E-state index in [4.69, 9.17) is 0 Å². The van der Waals surface area contributed by atoms with Crippen LogP contribution >= 0.6 is 11.3 Å². The molecule has 1 saturated heterocycles. The van der Waals surface area contributed by atoms with Gasteiger partial charge >= 0.3 is 6.03 Å². The SMILES string of the molecule is CCC1(CC)NC(=O)N(CC(=O)N=c2sccn2Cc2ccccc2F)C1=O. The predicted molar refractivity (Wildman–Crippen MR) is 102 cm³/mol. The lowest BCUT2D eigenvalue weighted by Crippen LogP contribution is -2.46. The topological polar surface area (TPSA) is 83.8 Å². The Morgan fingerprint density at radius 2 is 1.96 bits per heavy atom. The molecule has 2 aromatic rings. The van der Waals surface area contributed by atoms with Gasteiger partial charge in [0.2, 0.25) is 0 Å². The zero-order valence-corrected chi connectivity index (χ0v) is 16.5. The fourth-order valence-electron chi connectivity index (χ4n) is 3.14. The van der Waals surface area contributed by atoms with Crippen molar-refractivity contribution in [1.29, 1.82) is 0 Å². The van der Waals surface area contributed by atoms with Gasteiger partial charge in [0.1, 0.15) is 17.9 Å². The van der Waals surface area contributed by atoms with Gasteiger partial charge in [-0.2, -0.15) is 4.99 Å². The normalized spacial score (nSPS) is 16.5. The molecule has 7 nitrogen and oxygen atoms in total. The third-order valence-corrected chi connectivity index (χ3v) is 5.72. The van der Waals surface area contributed by atoms with E-state index in [0.29, 0.717) is 23.2 Å². The number of carbonyl (C=O) groups excluding carboxylic acids is 3. The molecular formula is C19H21FN4O3S. The number of nitrogens with one attached hydrogen (secondary N) is 1. The highest BCUT2D eigenvalue weighted by Crippen LogP contribution is 2.24. The molecule has 1 aliphatic heterocycles. The van der Waals surface area contributed by atoms with E-state index < -0.39 is 29.9 Å². The number of imide groups is 1. The van der Waals surface area contributed by atoms with Crippen molar-refractivity contribution >= 4 is 29.2 Å². The Hall–Kier alpha value is -2.81. The molecule has 1 N–H and O–H groups in total. The van der Waals surface area contributed by atoms with Crippen LogP contribution < -0.4 is 10.1 Å². The van der Waals surface area contributed by atoms with Crippen LogP contribution in [0.1, 0.15) is 32.3 Å². The van der Waals surface area contributed by atoms with E-state index in [1.165, 1.54) is 17.4 Å². The molecule has 0 radical (unpaired) electrons. The van der Waals surface area contributed by atoms with Crippen molar-refractivity contribution in [2.45, 2.75) is 38.8 Å². The molecule has 2 heterocycles.